The van der Waals surface area contributed by atoms with E-state index in [1.807, 2.05) is 18.9 Å². The van der Waals surface area contributed by atoms with Crippen molar-refractivity contribution in [2.75, 3.05) is 44.7 Å². The maximum absolute atomic E-state index is 13.5. The summed E-state index contributed by atoms with van der Waals surface area (Å²) in [6.07, 6.45) is 0. The Kier molecular flexibility index (Phi) is 5.55. The van der Waals surface area contributed by atoms with Crippen LogP contribution in [-0.4, -0.2) is 61.4 Å². The number of amides is 2. The number of nitrogens with zero attached hydrogens (tertiary/aromatic N) is 3. The Hall–Kier alpha value is -3.19. The highest BCUT2D eigenvalue weighted by Gasteiger charge is 2.42. The highest BCUT2D eigenvalue weighted by atomic mass is 19.1. The standard InChI is InChI=1S/C23H24FN3O3/c1-3-30-19-10-8-18(9-11-19)27-22(28)20(16-4-6-17(24)7-5-16)21(23(27)29)26-14-12-25(2)13-15-26/h4-11H,3,12-15H2,1-2H3. The van der Waals surface area contributed by atoms with Crippen LogP contribution in [0.2, 0.25) is 0 Å². The van der Waals surface area contributed by atoms with Crippen LogP contribution in [0.4, 0.5) is 10.1 Å². The van der Waals surface area contributed by atoms with Crippen LogP contribution in [0, 0.1) is 5.82 Å². The van der Waals surface area contributed by atoms with Crippen molar-refractivity contribution in [1.82, 2.24) is 9.80 Å². The van der Waals surface area contributed by atoms with Gasteiger partial charge in [-0.05, 0) is 55.9 Å². The van der Waals surface area contributed by atoms with Crippen molar-refractivity contribution >= 4 is 23.1 Å². The van der Waals surface area contributed by atoms with Crippen LogP contribution < -0.4 is 9.64 Å². The summed E-state index contributed by atoms with van der Waals surface area (Å²) in [6, 6.07) is 12.6. The minimum atomic E-state index is -0.398. The number of hydrogen-bond acceptors (Lipinski definition) is 5. The Balaban J connectivity index is 1.74. The van der Waals surface area contributed by atoms with E-state index in [0.29, 0.717) is 48.0 Å². The van der Waals surface area contributed by atoms with Gasteiger partial charge in [0.2, 0.25) is 0 Å². The van der Waals surface area contributed by atoms with E-state index in [1.54, 1.807) is 36.4 Å². The Morgan fingerprint density at radius 3 is 2.13 bits per heavy atom. The zero-order valence-electron chi connectivity index (χ0n) is 17.1. The summed E-state index contributed by atoms with van der Waals surface area (Å²) in [5, 5.41) is 0. The molecular formula is C23H24FN3O3. The van der Waals surface area contributed by atoms with Crippen LogP contribution in [0.25, 0.3) is 5.57 Å². The molecule has 2 heterocycles. The maximum Gasteiger partial charge on any atom is 0.282 e. The summed E-state index contributed by atoms with van der Waals surface area (Å²) in [4.78, 5) is 32.2. The van der Waals surface area contributed by atoms with E-state index in [1.165, 1.54) is 17.0 Å². The van der Waals surface area contributed by atoms with Crippen LogP contribution in [0.15, 0.2) is 54.2 Å². The highest BCUT2D eigenvalue weighted by Crippen LogP contribution is 2.35. The van der Waals surface area contributed by atoms with E-state index in [2.05, 4.69) is 4.90 Å². The topological polar surface area (TPSA) is 53.1 Å². The van der Waals surface area contributed by atoms with Gasteiger partial charge in [0.15, 0.2) is 0 Å². The van der Waals surface area contributed by atoms with Crippen molar-refractivity contribution in [3.63, 3.8) is 0 Å². The molecule has 0 saturated carbocycles. The first-order chi connectivity index (χ1) is 14.5. The smallest absolute Gasteiger partial charge is 0.282 e. The quantitative estimate of drug-likeness (QED) is 0.711. The number of carbonyl (C=O) groups excluding carboxylic acids is 2. The van der Waals surface area contributed by atoms with Gasteiger partial charge in [-0.3, -0.25) is 9.59 Å². The summed E-state index contributed by atoms with van der Waals surface area (Å²) in [6.45, 7) is 5.31. The third kappa shape index (κ3) is 3.68. The molecule has 2 aliphatic heterocycles. The van der Waals surface area contributed by atoms with Crippen LogP contribution in [0.3, 0.4) is 0 Å². The lowest BCUT2D eigenvalue weighted by molar-refractivity contribution is -0.120. The van der Waals surface area contributed by atoms with Gasteiger partial charge in [-0.25, -0.2) is 9.29 Å². The maximum atomic E-state index is 13.5. The van der Waals surface area contributed by atoms with E-state index < -0.39 is 5.91 Å². The average Bonchev–Trinajstić information content (AvgIpc) is 3.00. The highest BCUT2D eigenvalue weighted by molar-refractivity contribution is 6.45. The first-order valence-corrected chi connectivity index (χ1v) is 10.0. The first kappa shape index (κ1) is 20.1. The minimum Gasteiger partial charge on any atom is -0.494 e. The van der Waals surface area contributed by atoms with Crippen LogP contribution in [0.5, 0.6) is 5.75 Å². The normalized spacial score (nSPS) is 17.8. The summed E-state index contributed by atoms with van der Waals surface area (Å²) >= 11 is 0. The van der Waals surface area contributed by atoms with E-state index in [-0.39, 0.29) is 11.7 Å². The number of likely N-dealkylation sites (N-methyl/N-ethyl adjacent to an activating group) is 1. The van der Waals surface area contributed by atoms with Crippen molar-refractivity contribution in [3.05, 3.63) is 65.6 Å². The SMILES string of the molecule is CCOc1ccc(N2C(=O)C(c3ccc(F)cc3)=C(N3CCN(C)CC3)C2=O)cc1. The molecule has 0 aliphatic carbocycles. The van der Waals surface area contributed by atoms with Gasteiger partial charge in [-0.15, -0.1) is 0 Å². The Labute approximate surface area is 175 Å². The fourth-order valence-electron chi connectivity index (χ4n) is 3.81. The molecule has 30 heavy (non-hydrogen) atoms. The van der Waals surface area contributed by atoms with Crippen molar-refractivity contribution in [3.8, 4) is 5.75 Å². The fourth-order valence-corrected chi connectivity index (χ4v) is 3.81. The molecule has 156 valence electrons. The lowest BCUT2D eigenvalue weighted by Gasteiger charge is -2.34. The second-order valence-electron chi connectivity index (χ2n) is 7.39. The number of ether oxygens (including phenoxy) is 1. The number of rotatable bonds is 5. The predicted molar refractivity (Wildman–Crippen MR) is 112 cm³/mol. The average molecular weight is 409 g/mol. The second kappa shape index (κ2) is 8.28. The zero-order valence-corrected chi connectivity index (χ0v) is 17.1. The largest absolute Gasteiger partial charge is 0.494 e. The molecule has 0 spiro atoms. The number of halogens is 1. The number of carbonyl (C=O) groups is 2. The minimum absolute atomic E-state index is 0.318. The molecular weight excluding hydrogens is 385 g/mol. The lowest BCUT2D eigenvalue weighted by atomic mass is 10.0. The monoisotopic (exact) mass is 409 g/mol. The molecule has 6 nitrogen and oxygen atoms in total. The molecule has 4 rings (SSSR count). The molecule has 2 amide bonds. The summed E-state index contributed by atoms with van der Waals surface area (Å²) in [5.41, 5.74) is 1.72. The molecule has 2 aliphatic rings. The summed E-state index contributed by atoms with van der Waals surface area (Å²) < 4.78 is 18.9. The fraction of sp³-hybridized carbons (Fsp3) is 0.304. The van der Waals surface area contributed by atoms with Gasteiger partial charge in [0.25, 0.3) is 11.8 Å². The van der Waals surface area contributed by atoms with Gasteiger partial charge in [-0.1, -0.05) is 12.1 Å². The van der Waals surface area contributed by atoms with Gasteiger partial charge >= 0.3 is 0 Å². The number of piperazine rings is 1. The molecule has 2 aromatic rings. The summed E-state index contributed by atoms with van der Waals surface area (Å²) in [5.74, 6) is -0.468. The van der Waals surface area contributed by atoms with Crippen molar-refractivity contribution in [2.45, 2.75) is 6.92 Å². The Morgan fingerprint density at radius 1 is 0.900 bits per heavy atom. The molecule has 2 aromatic carbocycles. The van der Waals surface area contributed by atoms with Crippen LogP contribution in [0.1, 0.15) is 12.5 Å². The van der Waals surface area contributed by atoms with Crippen molar-refractivity contribution in [2.24, 2.45) is 0 Å². The third-order valence-corrected chi connectivity index (χ3v) is 5.42. The van der Waals surface area contributed by atoms with E-state index in [9.17, 15) is 14.0 Å². The van der Waals surface area contributed by atoms with E-state index in [0.717, 1.165) is 13.1 Å². The second-order valence-corrected chi connectivity index (χ2v) is 7.39. The van der Waals surface area contributed by atoms with Gasteiger partial charge in [-0.2, -0.15) is 0 Å². The predicted octanol–water partition coefficient (Wildman–Crippen LogP) is 2.76. The first-order valence-electron chi connectivity index (χ1n) is 10.0. The molecule has 0 radical (unpaired) electrons. The zero-order chi connectivity index (χ0) is 21.3. The van der Waals surface area contributed by atoms with Crippen molar-refractivity contribution in [1.29, 1.82) is 0 Å². The Morgan fingerprint density at radius 2 is 1.53 bits per heavy atom. The number of imide groups is 1. The number of anilines is 1. The van der Waals surface area contributed by atoms with Crippen molar-refractivity contribution < 1.29 is 18.7 Å². The lowest BCUT2D eigenvalue weighted by Crippen LogP contribution is -2.46. The van der Waals surface area contributed by atoms with Gasteiger partial charge in [0, 0.05) is 26.2 Å². The number of benzene rings is 2. The molecule has 0 atom stereocenters. The van der Waals surface area contributed by atoms with Crippen LogP contribution >= 0.6 is 0 Å². The molecule has 1 fully saturated rings. The van der Waals surface area contributed by atoms with Gasteiger partial charge in [0.1, 0.15) is 17.3 Å². The molecule has 7 heteroatoms. The van der Waals surface area contributed by atoms with Gasteiger partial charge in [0.05, 0.1) is 17.9 Å². The van der Waals surface area contributed by atoms with Gasteiger partial charge < -0.3 is 14.5 Å². The number of hydrogen-bond donors (Lipinski definition) is 0. The molecule has 0 unspecified atom stereocenters. The summed E-state index contributed by atoms with van der Waals surface area (Å²) in [7, 11) is 2.03. The van der Waals surface area contributed by atoms with Crippen LogP contribution in [-0.2, 0) is 9.59 Å². The van der Waals surface area contributed by atoms with E-state index >= 15 is 0 Å². The molecule has 0 N–H and O–H groups in total. The molecule has 0 bridgehead atoms. The third-order valence-electron chi connectivity index (χ3n) is 5.42. The Bertz CT molecular complexity index is 978. The molecule has 0 aromatic heterocycles. The van der Waals surface area contributed by atoms with E-state index in [4.69, 9.17) is 4.74 Å². The molecule has 1 saturated heterocycles.